The van der Waals surface area contributed by atoms with Gasteiger partial charge in [-0.25, -0.2) is 17.6 Å². The van der Waals surface area contributed by atoms with Gasteiger partial charge < -0.3 is 10.2 Å². The molecule has 1 fully saturated rings. The smallest absolute Gasteiger partial charge is 0.317 e. The monoisotopic (exact) mass is 348 g/mol. The second-order valence-electron chi connectivity index (χ2n) is 5.11. The Hall–Kier alpha value is -1.34. The highest BCUT2D eigenvalue weighted by Gasteiger charge is 2.32. The maximum Gasteiger partial charge on any atom is 0.317 e. The number of hydrogen-bond acceptors (Lipinski definition) is 3. The minimum absolute atomic E-state index is 0.124. The first-order valence-corrected chi connectivity index (χ1v) is 9.11. The number of piperidine rings is 1. The fraction of sp³-hybridized carbons (Fsp3) is 0.500. The van der Waals surface area contributed by atoms with Crippen LogP contribution in [0.3, 0.4) is 0 Å². The molecule has 0 atom stereocenters. The summed E-state index contributed by atoms with van der Waals surface area (Å²) in [5.41, 5.74) is 0. The average molecular weight is 349 g/mol. The molecular weight excluding hydrogens is 331 g/mol. The fourth-order valence-corrected chi connectivity index (χ4v) is 4.28. The van der Waals surface area contributed by atoms with E-state index in [1.165, 1.54) is 12.1 Å². The van der Waals surface area contributed by atoms with Crippen LogP contribution in [0.5, 0.6) is 0 Å². The van der Waals surface area contributed by atoms with Gasteiger partial charge in [-0.3, -0.25) is 0 Å². The van der Waals surface area contributed by atoms with Gasteiger partial charge in [-0.05, 0) is 37.1 Å². The number of halogens is 2. The van der Waals surface area contributed by atoms with Gasteiger partial charge in [0.2, 0.25) is 0 Å². The minimum Gasteiger partial charge on any atom is -0.337 e. The van der Waals surface area contributed by atoms with Crippen molar-refractivity contribution in [2.24, 2.45) is 0 Å². The van der Waals surface area contributed by atoms with Gasteiger partial charge in [0.05, 0.1) is 10.1 Å². The molecular formula is C14H18ClFN2O3S. The Morgan fingerprint density at radius 2 is 1.86 bits per heavy atom. The summed E-state index contributed by atoms with van der Waals surface area (Å²) in [6.07, 6.45) is 0.738. The Labute approximate surface area is 134 Å². The van der Waals surface area contributed by atoms with Crippen molar-refractivity contribution < 1.29 is 17.6 Å². The van der Waals surface area contributed by atoms with Crippen molar-refractivity contribution in [1.29, 1.82) is 0 Å². The third-order valence-corrected chi connectivity index (χ3v) is 6.15. The lowest BCUT2D eigenvalue weighted by atomic mass is 10.1. The molecule has 2 rings (SSSR count). The van der Waals surface area contributed by atoms with Crippen molar-refractivity contribution in [3.63, 3.8) is 0 Å². The topological polar surface area (TPSA) is 66.5 Å². The number of carbonyl (C=O) groups is 1. The quantitative estimate of drug-likeness (QED) is 0.668. The van der Waals surface area contributed by atoms with Crippen LogP contribution in [0.4, 0.5) is 9.18 Å². The Morgan fingerprint density at radius 1 is 1.27 bits per heavy atom. The van der Waals surface area contributed by atoms with Crippen LogP contribution in [0, 0.1) is 5.82 Å². The van der Waals surface area contributed by atoms with E-state index in [1.807, 2.05) is 0 Å². The van der Waals surface area contributed by atoms with Gasteiger partial charge in [0.25, 0.3) is 0 Å². The molecule has 0 bridgehead atoms. The number of sulfone groups is 1. The van der Waals surface area contributed by atoms with Gasteiger partial charge in [-0.1, -0.05) is 0 Å². The van der Waals surface area contributed by atoms with Crippen molar-refractivity contribution in [3.05, 3.63) is 30.1 Å². The van der Waals surface area contributed by atoms with Gasteiger partial charge in [-0.2, -0.15) is 0 Å². The second kappa shape index (κ2) is 7.28. The lowest BCUT2D eigenvalue weighted by molar-refractivity contribution is 0.187. The van der Waals surface area contributed by atoms with Crippen molar-refractivity contribution in [2.45, 2.75) is 23.0 Å². The van der Waals surface area contributed by atoms with Crippen LogP contribution in [-0.4, -0.2) is 50.1 Å². The summed E-state index contributed by atoms with van der Waals surface area (Å²) < 4.78 is 37.9. The summed E-state index contributed by atoms with van der Waals surface area (Å²) in [6, 6.07) is 4.62. The number of hydrogen-bond donors (Lipinski definition) is 1. The van der Waals surface area contributed by atoms with Crippen LogP contribution in [0.1, 0.15) is 12.8 Å². The predicted octanol–water partition coefficient (Wildman–Crippen LogP) is 2.01. The van der Waals surface area contributed by atoms with Gasteiger partial charge in [0, 0.05) is 25.5 Å². The molecule has 1 aliphatic rings. The summed E-state index contributed by atoms with van der Waals surface area (Å²) >= 11 is 5.51. The van der Waals surface area contributed by atoms with E-state index >= 15 is 0 Å². The van der Waals surface area contributed by atoms with Crippen LogP contribution in [0.15, 0.2) is 29.2 Å². The van der Waals surface area contributed by atoms with E-state index < -0.39 is 20.9 Å². The van der Waals surface area contributed by atoms with Crippen LogP contribution in [-0.2, 0) is 9.84 Å². The number of carbonyl (C=O) groups excluding carboxylic acids is 1. The number of amides is 2. The molecule has 0 spiro atoms. The van der Waals surface area contributed by atoms with Crippen LogP contribution in [0.2, 0.25) is 0 Å². The van der Waals surface area contributed by atoms with Gasteiger partial charge in [-0.15, -0.1) is 11.6 Å². The lowest BCUT2D eigenvalue weighted by Crippen LogP contribution is -2.47. The average Bonchev–Trinajstić information content (AvgIpc) is 2.53. The molecule has 5 nitrogen and oxygen atoms in total. The maximum absolute atomic E-state index is 12.9. The highest BCUT2D eigenvalue weighted by molar-refractivity contribution is 7.92. The third-order valence-electron chi connectivity index (χ3n) is 3.68. The molecule has 1 N–H and O–H groups in total. The number of nitrogens with zero attached hydrogens (tertiary/aromatic N) is 1. The number of nitrogens with one attached hydrogen (secondary N) is 1. The molecule has 2 amide bonds. The SMILES string of the molecule is O=C(NCCCl)N1CCC(S(=O)(=O)c2ccc(F)cc2)CC1. The Morgan fingerprint density at radius 3 is 2.41 bits per heavy atom. The van der Waals surface area contributed by atoms with E-state index in [0.717, 1.165) is 12.1 Å². The predicted molar refractivity (Wildman–Crippen MR) is 82.3 cm³/mol. The zero-order chi connectivity index (χ0) is 16.2. The summed E-state index contributed by atoms with van der Waals surface area (Å²) in [6.45, 7) is 1.13. The number of rotatable bonds is 4. The molecule has 0 unspecified atom stereocenters. The first kappa shape index (κ1) is 17.0. The summed E-state index contributed by atoms with van der Waals surface area (Å²) in [7, 11) is -3.49. The molecule has 1 aromatic carbocycles. The third kappa shape index (κ3) is 3.89. The molecule has 0 saturated carbocycles. The zero-order valence-electron chi connectivity index (χ0n) is 12.0. The molecule has 1 heterocycles. The fourth-order valence-electron chi connectivity index (χ4n) is 2.45. The van der Waals surface area contributed by atoms with Crippen molar-refractivity contribution in [2.75, 3.05) is 25.5 Å². The Bertz CT molecular complexity index is 613. The normalized spacial score (nSPS) is 16.5. The molecule has 8 heteroatoms. The van der Waals surface area contributed by atoms with Gasteiger partial charge in [0.15, 0.2) is 9.84 Å². The maximum atomic E-state index is 12.9. The Balaban J connectivity index is 1.98. The molecule has 0 radical (unpaired) electrons. The number of alkyl halides is 1. The first-order valence-electron chi connectivity index (χ1n) is 7.03. The van der Waals surface area contributed by atoms with E-state index in [-0.39, 0.29) is 10.9 Å². The standard InChI is InChI=1S/C14H18ClFN2O3S/c15-7-8-17-14(19)18-9-5-13(6-10-18)22(20,21)12-3-1-11(16)2-4-12/h1-4,13H,5-10H2,(H,17,19). The summed E-state index contributed by atoms with van der Waals surface area (Å²) in [5.74, 6) is -0.133. The van der Waals surface area contributed by atoms with E-state index in [9.17, 15) is 17.6 Å². The van der Waals surface area contributed by atoms with Crippen LogP contribution < -0.4 is 5.32 Å². The molecule has 22 heavy (non-hydrogen) atoms. The highest BCUT2D eigenvalue weighted by Crippen LogP contribution is 2.24. The van der Waals surface area contributed by atoms with Gasteiger partial charge >= 0.3 is 6.03 Å². The van der Waals surface area contributed by atoms with E-state index in [2.05, 4.69) is 5.32 Å². The number of urea groups is 1. The molecule has 1 saturated heterocycles. The van der Waals surface area contributed by atoms with Crippen LogP contribution in [0.25, 0.3) is 0 Å². The molecule has 1 aliphatic heterocycles. The highest BCUT2D eigenvalue weighted by atomic mass is 35.5. The number of benzene rings is 1. The number of likely N-dealkylation sites (tertiary alicyclic amines) is 1. The van der Waals surface area contributed by atoms with Crippen LogP contribution >= 0.6 is 11.6 Å². The van der Waals surface area contributed by atoms with Gasteiger partial charge in [0.1, 0.15) is 5.82 Å². The van der Waals surface area contributed by atoms with Crippen molar-refractivity contribution >= 4 is 27.5 Å². The summed E-state index contributed by atoms with van der Waals surface area (Å²) in [4.78, 5) is 13.5. The molecule has 1 aromatic rings. The summed E-state index contributed by atoms with van der Waals surface area (Å²) in [5, 5.41) is 2.11. The van der Waals surface area contributed by atoms with Crippen molar-refractivity contribution in [3.8, 4) is 0 Å². The largest absolute Gasteiger partial charge is 0.337 e. The molecule has 0 aromatic heterocycles. The zero-order valence-corrected chi connectivity index (χ0v) is 13.5. The first-order chi connectivity index (χ1) is 10.4. The van der Waals surface area contributed by atoms with Crippen molar-refractivity contribution in [1.82, 2.24) is 10.2 Å². The van der Waals surface area contributed by atoms with E-state index in [0.29, 0.717) is 38.4 Å². The Kier molecular flexibility index (Phi) is 5.63. The van der Waals surface area contributed by atoms with E-state index in [4.69, 9.17) is 11.6 Å². The molecule has 122 valence electrons. The second-order valence-corrected chi connectivity index (χ2v) is 7.71. The molecule has 0 aliphatic carbocycles. The lowest BCUT2D eigenvalue weighted by Gasteiger charge is -2.31. The van der Waals surface area contributed by atoms with E-state index in [1.54, 1.807) is 4.90 Å². The minimum atomic E-state index is -3.49.